The second kappa shape index (κ2) is 4.01. The molecule has 1 heterocycles. The van der Waals surface area contributed by atoms with Gasteiger partial charge in [0.25, 0.3) is 0 Å². The molecule has 0 saturated heterocycles. The zero-order valence-corrected chi connectivity index (χ0v) is 10.7. The van der Waals surface area contributed by atoms with Crippen LogP contribution >= 0.6 is 0 Å². The summed E-state index contributed by atoms with van der Waals surface area (Å²) in [6.07, 6.45) is 3.74. The molecule has 0 aromatic carbocycles. The average Bonchev–Trinajstić information content (AvgIpc) is 2.57. The summed E-state index contributed by atoms with van der Waals surface area (Å²) in [5.41, 5.74) is 3.90. The maximum atomic E-state index is 10.1. The van der Waals surface area contributed by atoms with Gasteiger partial charge in [0.2, 0.25) is 0 Å². The summed E-state index contributed by atoms with van der Waals surface area (Å²) < 4.78 is 5.81. The Hall–Kier alpha value is -0.600. The molecule has 2 atom stereocenters. The van der Waals surface area contributed by atoms with E-state index < -0.39 is 0 Å². The van der Waals surface area contributed by atoms with Gasteiger partial charge in [-0.2, -0.15) is 0 Å². The molecule has 0 aromatic heterocycles. The van der Waals surface area contributed by atoms with E-state index in [-0.39, 0.29) is 17.6 Å². The molecule has 0 spiro atoms. The van der Waals surface area contributed by atoms with Crippen molar-refractivity contribution in [1.29, 1.82) is 0 Å². The minimum Gasteiger partial charge on any atom is -0.389 e. The smallest absolute Gasteiger partial charge is 0.100 e. The topological polar surface area (TPSA) is 29.5 Å². The lowest BCUT2D eigenvalue weighted by atomic mass is 9.71. The molecule has 1 aliphatic carbocycles. The van der Waals surface area contributed by atoms with Crippen LogP contribution in [-0.4, -0.2) is 23.9 Å². The molecule has 0 aromatic rings. The van der Waals surface area contributed by atoms with E-state index in [1.807, 2.05) is 0 Å². The minimum absolute atomic E-state index is 0.00887. The van der Waals surface area contributed by atoms with E-state index in [0.717, 1.165) is 18.4 Å². The van der Waals surface area contributed by atoms with Crippen LogP contribution in [0.15, 0.2) is 22.8 Å². The second-order valence-electron chi connectivity index (χ2n) is 5.85. The predicted octanol–water partition coefficient (Wildman–Crippen LogP) is 2.83. The Labute approximate surface area is 98.0 Å². The monoisotopic (exact) mass is 222 g/mol. The normalized spacial score (nSPS) is 32.6. The number of allylic oxidation sites excluding steroid dienone is 1. The molecule has 2 heteroatoms. The number of aliphatic hydroxyl groups excluding tert-OH is 1. The van der Waals surface area contributed by atoms with Crippen LogP contribution in [0.25, 0.3) is 0 Å². The van der Waals surface area contributed by atoms with Gasteiger partial charge < -0.3 is 9.84 Å². The van der Waals surface area contributed by atoms with Crippen molar-refractivity contribution in [3.63, 3.8) is 0 Å². The maximum absolute atomic E-state index is 10.1. The highest BCUT2D eigenvalue weighted by Gasteiger charge is 2.40. The fraction of sp³-hybridized carbons (Fsp3) is 0.714. The van der Waals surface area contributed by atoms with E-state index in [4.69, 9.17) is 4.74 Å². The third kappa shape index (κ3) is 1.96. The summed E-state index contributed by atoms with van der Waals surface area (Å²) in [7, 11) is 0. The van der Waals surface area contributed by atoms with Crippen molar-refractivity contribution < 1.29 is 9.84 Å². The molecule has 2 aliphatic rings. The lowest BCUT2D eigenvalue weighted by Gasteiger charge is -2.34. The van der Waals surface area contributed by atoms with Crippen molar-refractivity contribution in [3.05, 3.63) is 22.8 Å². The van der Waals surface area contributed by atoms with Crippen LogP contribution < -0.4 is 0 Å². The van der Waals surface area contributed by atoms with Crippen LogP contribution in [-0.2, 0) is 4.74 Å². The van der Waals surface area contributed by atoms with Crippen LogP contribution in [0.1, 0.15) is 40.5 Å². The Balaban J connectivity index is 2.37. The summed E-state index contributed by atoms with van der Waals surface area (Å²) in [5, 5.41) is 10.1. The van der Waals surface area contributed by atoms with Crippen LogP contribution in [0.3, 0.4) is 0 Å². The fourth-order valence-electron chi connectivity index (χ4n) is 2.74. The molecule has 2 rings (SSSR count). The summed E-state index contributed by atoms with van der Waals surface area (Å²) in [5.74, 6) is 0. The van der Waals surface area contributed by atoms with Gasteiger partial charge in [0.1, 0.15) is 6.10 Å². The molecule has 90 valence electrons. The van der Waals surface area contributed by atoms with Gasteiger partial charge in [-0.1, -0.05) is 25.5 Å². The fourth-order valence-corrected chi connectivity index (χ4v) is 2.74. The molecule has 0 amide bonds. The van der Waals surface area contributed by atoms with E-state index in [2.05, 4.69) is 33.8 Å². The zero-order valence-electron chi connectivity index (χ0n) is 10.7. The van der Waals surface area contributed by atoms with Crippen LogP contribution in [0, 0.1) is 5.41 Å². The summed E-state index contributed by atoms with van der Waals surface area (Å²) in [4.78, 5) is 0. The van der Waals surface area contributed by atoms with Gasteiger partial charge in [-0.3, -0.25) is 0 Å². The van der Waals surface area contributed by atoms with Crippen molar-refractivity contribution in [1.82, 2.24) is 0 Å². The first-order valence-electron chi connectivity index (χ1n) is 6.10. The van der Waals surface area contributed by atoms with Crippen LogP contribution in [0.4, 0.5) is 0 Å². The third-order valence-corrected chi connectivity index (χ3v) is 3.77. The minimum atomic E-state index is -0.300. The second-order valence-corrected chi connectivity index (χ2v) is 5.85. The van der Waals surface area contributed by atoms with E-state index in [1.165, 1.54) is 11.1 Å². The molecule has 0 bridgehead atoms. The predicted molar refractivity (Wildman–Crippen MR) is 65.2 cm³/mol. The standard InChI is InChI=1S/C14H22O2/c1-9(2)7-12-13-10(8-16-12)14(3,4)6-5-11(13)15/h7,11-12,15H,5-6,8H2,1-4H3/t11-,12+/m0/s1. The quantitative estimate of drug-likeness (QED) is 0.691. The lowest BCUT2D eigenvalue weighted by molar-refractivity contribution is 0.126. The van der Waals surface area contributed by atoms with Gasteiger partial charge in [0, 0.05) is 0 Å². The first-order chi connectivity index (χ1) is 7.42. The summed E-state index contributed by atoms with van der Waals surface area (Å²) in [6, 6.07) is 0. The van der Waals surface area contributed by atoms with Gasteiger partial charge in [-0.15, -0.1) is 0 Å². The van der Waals surface area contributed by atoms with Crippen LogP contribution in [0.2, 0.25) is 0 Å². The lowest BCUT2D eigenvalue weighted by Crippen LogP contribution is -2.30. The van der Waals surface area contributed by atoms with Crippen molar-refractivity contribution in [2.24, 2.45) is 5.41 Å². The maximum Gasteiger partial charge on any atom is 0.100 e. The van der Waals surface area contributed by atoms with Gasteiger partial charge in [0.05, 0.1) is 12.7 Å². The molecule has 1 N–H and O–H groups in total. The summed E-state index contributed by atoms with van der Waals surface area (Å²) >= 11 is 0. The van der Waals surface area contributed by atoms with E-state index in [9.17, 15) is 5.11 Å². The number of hydrogen-bond acceptors (Lipinski definition) is 2. The largest absolute Gasteiger partial charge is 0.389 e. The number of aliphatic hydroxyl groups is 1. The molecule has 1 aliphatic heterocycles. The number of hydrogen-bond donors (Lipinski definition) is 1. The molecule has 0 unspecified atom stereocenters. The van der Waals surface area contributed by atoms with Gasteiger partial charge in [0.15, 0.2) is 0 Å². The molecular formula is C14H22O2. The zero-order chi connectivity index (χ0) is 11.9. The molecule has 2 nitrogen and oxygen atoms in total. The molecule has 16 heavy (non-hydrogen) atoms. The van der Waals surface area contributed by atoms with Gasteiger partial charge in [-0.25, -0.2) is 0 Å². The average molecular weight is 222 g/mol. The van der Waals surface area contributed by atoms with E-state index >= 15 is 0 Å². The Kier molecular flexibility index (Phi) is 2.97. The molecule has 0 radical (unpaired) electrons. The van der Waals surface area contributed by atoms with E-state index in [1.54, 1.807) is 0 Å². The highest BCUT2D eigenvalue weighted by atomic mass is 16.5. The van der Waals surface area contributed by atoms with Crippen LogP contribution in [0.5, 0.6) is 0 Å². The molecule has 0 saturated carbocycles. The SMILES string of the molecule is CC(C)=C[C@H]1OCC2=C1[C@@H](O)CCC2(C)C. The van der Waals surface area contributed by atoms with Crippen molar-refractivity contribution >= 4 is 0 Å². The van der Waals surface area contributed by atoms with Crippen molar-refractivity contribution in [3.8, 4) is 0 Å². The van der Waals surface area contributed by atoms with E-state index in [0.29, 0.717) is 6.61 Å². The highest BCUT2D eigenvalue weighted by molar-refractivity contribution is 5.37. The molecule has 0 fully saturated rings. The first kappa shape index (κ1) is 11.9. The number of ether oxygens (including phenoxy) is 1. The first-order valence-corrected chi connectivity index (χ1v) is 6.10. The third-order valence-electron chi connectivity index (χ3n) is 3.77. The Morgan fingerprint density at radius 3 is 2.75 bits per heavy atom. The molecular weight excluding hydrogens is 200 g/mol. The van der Waals surface area contributed by atoms with Crippen molar-refractivity contribution in [2.45, 2.75) is 52.7 Å². The summed E-state index contributed by atoms with van der Waals surface area (Å²) in [6.45, 7) is 9.34. The van der Waals surface area contributed by atoms with Gasteiger partial charge in [-0.05, 0) is 43.3 Å². The van der Waals surface area contributed by atoms with Gasteiger partial charge >= 0.3 is 0 Å². The Morgan fingerprint density at radius 1 is 1.44 bits per heavy atom. The van der Waals surface area contributed by atoms with Crippen molar-refractivity contribution in [2.75, 3.05) is 6.61 Å². The Morgan fingerprint density at radius 2 is 2.12 bits per heavy atom. The number of rotatable bonds is 1. The highest BCUT2D eigenvalue weighted by Crippen LogP contribution is 2.45. The Bertz CT molecular complexity index is 346.